The van der Waals surface area contributed by atoms with Crippen LogP contribution in [0.1, 0.15) is 17.3 Å². The van der Waals surface area contributed by atoms with Crippen molar-refractivity contribution in [2.45, 2.75) is 24.7 Å². The number of carbonyl (C=O) groups excluding carboxylic acids is 1. The third kappa shape index (κ3) is 3.70. The summed E-state index contributed by atoms with van der Waals surface area (Å²) in [5, 5.41) is 19.0. The Balaban J connectivity index is 2.65. The summed E-state index contributed by atoms with van der Waals surface area (Å²) in [6.07, 6.45) is -0.734. The van der Waals surface area contributed by atoms with Gasteiger partial charge in [0.05, 0.1) is 48.0 Å². The number of carbonyl (C=O) groups is 1. The van der Waals surface area contributed by atoms with E-state index in [4.69, 9.17) is 5.26 Å². The van der Waals surface area contributed by atoms with E-state index >= 15 is 0 Å². The van der Waals surface area contributed by atoms with Gasteiger partial charge in [0.15, 0.2) is 5.16 Å². The van der Waals surface area contributed by atoms with E-state index in [2.05, 4.69) is 9.72 Å². The monoisotopic (exact) mass is 333 g/mol. The van der Waals surface area contributed by atoms with Gasteiger partial charge < -0.3 is 9.84 Å². The molecule has 0 bridgehead atoms. The van der Waals surface area contributed by atoms with Crippen LogP contribution >= 0.6 is 11.8 Å². The largest absolute Gasteiger partial charge is 0.465 e. The van der Waals surface area contributed by atoms with Gasteiger partial charge >= 0.3 is 5.97 Å². The van der Waals surface area contributed by atoms with Crippen molar-refractivity contribution in [1.82, 2.24) is 9.55 Å². The molecule has 0 saturated carbocycles. The van der Waals surface area contributed by atoms with Gasteiger partial charge in [0.2, 0.25) is 0 Å². The molecule has 0 saturated heterocycles. The third-order valence-electron chi connectivity index (χ3n) is 3.05. The lowest BCUT2D eigenvalue weighted by Gasteiger charge is -2.14. The Kier molecular flexibility index (Phi) is 5.36. The van der Waals surface area contributed by atoms with Crippen LogP contribution in [0.5, 0.6) is 0 Å². The molecule has 2 rings (SSSR count). The summed E-state index contributed by atoms with van der Waals surface area (Å²) in [6, 6.07) is 6.45. The highest BCUT2D eigenvalue weighted by molar-refractivity contribution is 7.99. The van der Waals surface area contributed by atoms with Gasteiger partial charge in [-0.05, 0) is 25.1 Å². The van der Waals surface area contributed by atoms with Crippen LogP contribution in [0, 0.1) is 11.3 Å². The second kappa shape index (κ2) is 7.26. The molecule has 2 aromatic rings. The molecule has 0 aliphatic heterocycles. The average molecular weight is 333 g/mol. The second-order valence-corrected chi connectivity index (χ2v) is 5.77. The minimum atomic E-state index is -0.734. The smallest absolute Gasteiger partial charge is 0.337 e. The van der Waals surface area contributed by atoms with Crippen LogP contribution in [0.3, 0.4) is 0 Å². The molecule has 0 radical (unpaired) electrons. The van der Waals surface area contributed by atoms with E-state index in [1.54, 1.807) is 6.92 Å². The maximum Gasteiger partial charge on any atom is 0.337 e. The number of hydrogen-bond donors (Lipinski definition) is 1. The lowest BCUT2D eigenvalue weighted by molar-refractivity contribution is 0.0601. The van der Waals surface area contributed by atoms with E-state index in [9.17, 15) is 14.7 Å². The van der Waals surface area contributed by atoms with Gasteiger partial charge in [0.25, 0.3) is 5.56 Å². The van der Waals surface area contributed by atoms with Gasteiger partial charge in [-0.1, -0.05) is 11.8 Å². The molecule has 0 aliphatic carbocycles. The summed E-state index contributed by atoms with van der Waals surface area (Å²) >= 11 is 1.10. The van der Waals surface area contributed by atoms with Gasteiger partial charge in [-0.15, -0.1) is 0 Å². The number of benzene rings is 1. The molecule has 7 nitrogen and oxygen atoms in total. The van der Waals surface area contributed by atoms with Gasteiger partial charge in [-0.2, -0.15) is 5.26 Å². The minimum absolute atomic E-state index is 0.0777. The Morgan fingerprint density at radius 2 is 2.30 bits per heavy atom. The molecule has 120 valence electrons. The molecule has 0 spiro atoms. The number of ether oxygens (including phenoxy) is 1. The number of aliphatic hydroxyl groups excluding tert-OH is 1. The maximum atomic E-state index is 12.6. The number of thioether (sulfide) groups is 1. The number of nitrogens with zero attached hydrogens (tertiary/aromatic N) is 3. The van der Waals surface area contributed by atoms with Crippen molar-refractivity contribution in [3.8, 4) is 6.07 Å². The molecule has 1 aromatic carbocycles. The number of fused-ring (bicyclic) bond motifs is 1. The zero-order chi connectivity index (χ0) is 17.0. The number of aromatic nitrogens is 2. The molecular weight excluding hydrogens is 318 g/mol. The number of esters is 1. The summed E-state index contributed by atoms with van der Waals surface area (Å²) in [7, 11) is 1.27. The van der Waals surface area contributed by atoms with Gasteiger partial charge in [-0.3, -0.25) is 9.36 Å². The zero-order valence-corrected chi connectivity index (χ0v) is 13.5. The first kappa shape index (κ1) is 17.0. The molecule has 0 amide bonds. The molecule has 1 N–H and O–H groups in total. The predicted molar refractivity (Wildman–Crippen MR) is 85.4 cm³/mol. The van der Waals surface area contributed by atoms with Crippen molar-refractivity contribution >= 4 is 28.6 Å². The lowest BCUT2D eigenvalue weighted by Crippen LogP contribution is -2.28. The molecule has 1 heterocycles. The van der Waals surface area contributed by atoms with Gasteiger partial charge in [-0.25, -0.2) is 9.78 Å². The molecule has 0 aliphatic rings. The normalized spacial score (nSPS) is 11.9. The Morgan fingerprint density at radius 1 is 1.57 bits per heavy atom. The summed E-state index contributed by atoms with van der Waals surface area (Å²) in [5.41, 5.74) is 0.310. The first-order chi connectivity index (χ1) is 11.0. The van der Waals surface area contributed by atoms with Crippen LogP contribution in [0.15, 0.2) is 28.2 Å². The van der Waals surface area contributed by atoms with Crippen molar-refractivity contribution in [1.29, 1.82) is 5.26 Å². The standard InChI is InChI=1S/C15H15N3O4S/c1-9(19)8-18-13(20)11-4-3-10(14(21)22-2)7-12(11)17-15(18)23-6-5-16/h3-4,7,9,19H,6,8H2,1-2H3/t9-/m1/s1. The van der Waals surface area contributed by atoms with E-state index in [0.717, 1.165) is 11.8 Å². The quantitative estimate of drug-likeness (QED) is 0.497. The number of nitriles is 1. The topological polar surface area (TPSA) is 105 Å². The highest BCUT2D eigenvalue weighted by atomic mass is 32.2. The molecule has 0 fully saturated rings. The fourth-order valence-electron chi connectivity index (χ4n) is 2.08. The van der Waals surface area contributed by atoms with E-state index < -0.39 is 12.1 Å². The lowest BCUT2D eigenvalue weighted by atomic mass is 10.1. The Labute approximate surface area is 136 Å². The van der Waals surface area contributed by atoms with E-state index in [1.165, 1.54) is 29.9 Å². The fourth-order valence-corrected chi connectivity index (χ4v) is 2.75. The Hall–Kier alpha value is -2.37. The summed E-state index contributed by atoms with van der Waals surface area (Å²) in [4.78, 5) is 28.6. The molecule has 0 unspecified atom stereocenters. The first-order valence-electron chi connectivity index (χ1n) is 6.78. The number of hydrogen-bond acceptors (Lipinski definition) is 7. The molecule has 1 aromatic heterocycles. The van der Waals surface area contributed by atoms with Crippen LogP contribution in [0.2, 0.25) is 0 Å². The first-order valence-corrected chi connectivity index (χ1v) is 7.77. The fraction of sp³-hybridized carbons (Fsp3) is 0.333. The highest BCUT2D eigenvalue weighted by Crippen LogP contribution is 2.19. The molecule has 23 heavy (non-hydrogen) atoms. The summed E-state index contributed by atoms with van der Waals surface area (Å²) < 4.78 is 6.00. The third-order valence-corrected chi connectivity index (χ3v) is 3.90. The maximum absolute atomic E-state index is 12.6. The van der Waals surface area contributed by atoms with E-state index in [1.807, 2.05) is 6.07 Å². The Morgan fingerprint density at radius 3 is 2.91 bits per heavy atom. The van der Waals surface area contributed by atoms with Gasteiger partial charge in [0.1, 0.15) is 0 Å². The number of methoxy groups -OCH3 is 1. The predicted octanol–water partition coefficient (Wildman–Crippen LogP) is 1.18. The van der Waals surface area contributed by atoms with E-state index in [-0.39, 0.29) is 23.4 Å². The Bertz CT molecular complexity index is 839. The van der Waals surface area contributed by atoms with Crippen molar-refractivity contribution in [3.63, 3.8) is 0 Å². The highest BCUT2D eigenvalue weighted by Gasteiger charge is 2.15. The van der Waals surface area contributed by atoms with Crippen molar-refractivity contribution < 1.29 is 14.6 Å². The zero-order valence-electron chi connectivity index (χ0n) is 12.6. The molecule has 1 atom stereocenters. The van der Waals surface area contributed by atoms with Crippen LogP contribution < -0.4 is 5.56 Å². The molecular formula is C15H15N3O4S. The number of rotatable bonds is 5. The van der Waals surface area contributed by atoms with Gasteiger partial charge in [0, 0.05) is 0 Å². The number of aliphatic hydroxyl groups is 1. The average Bonchev–Trinajstić information content (AvgIpc) is 2.54. The van der Waals surface area contributed by atoms with Crippen LogP contribution in [-0.4, -0.2) is 39.6 Å². The van der Waals surface area contributed by atoms with Crippen molar-refractivity contribution in [2.75, 3.05) is 12.9 Å². The van der Waals surface area contributed by atoms with E-state index in [0.29, 0.717) is 16.1 Å². The second-order valence-electron chi connectivity index (χ2n) is 4.83. The van der Waals surface area contributed by atoms with Crippen molar-refractivity contribution in [3.05, 3.63) is 34.1 Å². The summed E-state index contributed by atoms with van der Waals surface area (Å²) in [5.74, 6) is -0.401. The SMILES string of the molecule is COC(=O)c1ccc2c(=O)n(C[C@@H](C)O)c(SCC#N)nc2c1. The van der Waals surface area contributed by atoms with Crippen molar-refractivity contribution in [2.24, 2.45) is 0 Å². The van der Waals surface area contributed by atoms with Crippen LogP contribution in [0.25, 0.3) is 10.9 Å². The molecule has 8 heteroatoms. The van der Waals surface area contributed by atoms with Crippen LogP contribution in [-0.2, 0) is 11.3 Å². The van der Waals surface area contributed by atoms with Crippen LogP contribution in [0.4, 0.5) is 0 Å². The summed E-state index contributed by atoms with van der Waals surface area (Å²) in [6.45, 7) is 1.64. The minimum Gasteiger partial charge on any atom is -0.465 e.